The fourth-order valence-corrected chi connectivity index (χ4v) is 4.27. The summed E-state index contributed by atoms with van der Waals surface area (Å²) in [4.78, 5) is 7.06. The number of hydrogen-bond acceptors (Lipinski definition) is 4. The van der Waals surface area contributed by atoms with Gasteiger partial charge in [-0.25, -0.2) is 0 Å². The summed E-state index contributed by atoms with van der Waals surface area (Å²) in [6.45, 7) is 4.04. The number of para-hydroxylation sites is 1. The Kier molecular flexibility index (Phi) is 3.43. The minimum Gasteiger partial charge on any atom is -0.357 e. The lowest BCUT2D eigenvalue weighted by atomic mass is 9.89. The third-order valence-electron chi connectivity index (χ3n) is 6.02. The first-order valence-electron chi connectivity index (χ1n) is 9.25. The number of anilines is 1. The van der Waals surface area contributed by atoms with Crippen LogP contribution in [0.3, 0.4) is 0 Å². The second-order valence-electron chi connectivity index (χ2n) is 7.55. The van der Waals surface area contributed by atoms with Crippen molar-refractivity contribution in [1.82, 2.24) is 9.88 Å². The van der Waals surface area contributed by atoms with Crippen LogP contribution in [0.5, 0.6) is 0 Å². The number of nitrogens with two attached hydrogens (primary N) is 1. The molecule has 0 amide bonds. The zero-order valence-corrected chi connectivity index (χ0v) is 14.6. The second kappa shape index (κ2) is 5.68. The summed E-state index contributed by atoms with van der Waals surface area (Å²) in [6.07, 6.45) is 6.00. The molecule has 25 heavy (non-hydrogen) atoms. The Hall–Kier alpha value is -2.17. The molecule has 1 atom stereocenters. The molecule has 1 aromatic carbocycles. The number of nitrogens with one attached hydrogen (secondary N) is 1. The standard InChI is InChI=1S/C21H24N4/c1-13-8-9-14(10-23-13)16-6-3-7-17-20(22)18-11-25(15-4-2-5-15)12-19(18)24-21(16)17/h3,6-10,15,20,24H,2,4-5,11-12,22H2,1H3. The maximum atomic E-state index is 6.68. The van der Waals surface area contributed by atoms with Crippen molar-refractivity contribution in [2.75, 3.05) is 18.4 Å². The minimum atomic E-state index is -0.00492. The summed E-state index contributed by atoms with van der Waals surface area (Å²) >= 11 is 0. The van der Waals surface area contributed by atoms with Crippen molar-refractivity contribution < 1.29 is 0 Å². The van der Waals surface area contributed by atoms with E-state index in [4.69, 9.17) is 5.73 Å². The van der Waals surface area contributed by atoms with Crippen LogP contribution in [0.1, 0.15) is 36.6 Å². The molecule has 0 radical (unpaired) electrons. The number of aryl methyl sites for hydroxylation is 1. The number of hydrogen-bond donors (Lipinski definition) is 2. The van der Waals surface area contributed by atoms with Crippen molar-refractivity contribution in [1.29, 1.82) is 0 Å². The Morgan fingerprint density at radius 2 is 2.04 bits per heavy atom. The average molecular weight is 332 g/mol. The fourth-order valence-electron chi connectivity index (χ4n) is 4.27. The van der Waals surface area contributed by atoms with Crippen LogP contribution in [0.4, 0.5) is 5.69 Å². The first-order valence-corrected chi connectivity index (χ1v) is 9.25. The summed E-state index contributed by atoms with van der Waals surface area (Å²) in [5.74, 6) is 0. The van der Waals surface area contributed by atoms with Gasteiger partial charge in [0.15, 0.2) is 0 Å². The van der Waals surface area contributed by atoms with Gasteiger partial charge in [-0.1, -0.05) is 30.7 Å². The first-order chi connectivity index (χ1) is 12.2. The zero-order valence-electron chi connectivity index (χ0n) is 14.6. The van der Waals surface area contributed by atoms with Crippen LogP contribution in [-0.4, -0.2) is 29.0 Å². The molecule has 3 aliphatic rings. The van der Waals surface area contributed by atoms with Crippen LogP contribution in [0, 0.1) is 6.92 Å². The maximum Gasteiger partial charge on any atom is 0.0564 e. The monoisotopic (exact) mass is 332 g/mol. The van der Waals surface area contributed by atoms with Crippen molar-refractivity contribution in [2.45, 2.75) is 38.3 Å². The highest BCUT2D eigenvalue weighted by atomic mass is 15.2. The number of aromatic nitrogens is 1. The second-order valence-corrected chi connectivity index (χ2v) is 7.55. The molecule has 3 heterocycles. The number of pyridine rings is 1. The molecule has 3 N–H and O–H groups in total. The van der Waals surface area contributed by atoms with Crippen LogP contribution >= 0.6 is 0 Å². The molecule has 2 aliphatic heterocycles. The van der Waals surface area contributed by atoms with Crippen molar-refractivity contribution >= 4 is 5.69 Å². The lowest BCUT2D eigenvalue weighted by Gasteiger charge is -2.34. The first kappa shape index (κ1) is 15.1. The van der Waals surface area contributed by atoms with E-state index in [0.29, 0.717) is 0 Å². The Morgan fingerprint density at radius 3 is 2.76 bits per heavy atom. The predicted octanol–water partition coefficient (Wildman–Crippen LogP) is 3.60. The molecule has 5 rings (SSSR count). The smallest absolute Gasteiger partial charge is 0.0564 e. The van der Waals surface area contributed by atoms with E-state index in [9.17, 15) is 0 Å². The minimum absolute atomic E-state index is 0.00492. The molecule has 0 spiro atoms. The molecule has 4 nitrogen and oxygen atoms in total. The molecular formula is C21H24N4. The number of fused-ring (bicyclic) bond motifs is 1. The van der Waals surface area contributed by atoms with Gasteiger partial charge in [-0.15, -0.1) is 0 Å². The van der Waals surface area contributed by atoms with E-state index in [0.717, 1.165) is 36.1 Å². The molecule has 0 saturated heterocycles. The summed E-state index contributed by atoms with van der Waals surface area (Å²) in [5.41, 5.74) is 15.1. The summed E-state index contributed by atoms with van der Waals surface area (Å²) in [7, 11) is 0. The third-order valence-corrected chi connectivity index (χ3v) is 6.02. The van der Waals surface area contributed by atoms with Gasteiger partial charge < -0.3 is 11.1 Å². The van der Waals surface area contributed by atoms with E-state index >= 15 is 0 Å². The van der Waals surface area contributed by atoms with Gasteiger partial charge in [0.2, 0.25) is 0 Å². The number of nitrogens with zero attached hydrogens (tertiary/aromatic N) is 2. The van der Waals surface area contributed by atoms with E-state index in [1.54, 1.807) is 0 Å². The van der Waals surface area contributed by atoms with Crippen molar-refractivity contribution in [3.8, 4) is 11.1 Å². The molecule has 1 aromatic heterocycles. The van der Waals surface area contributed by atoms with Gasteiger partial charge in [0, 0.05) is 47.8 Å². The SMILES string of the molecule is Cc1ccc(-c2cccc3c2NC2=C(CN(C4CCC4)C2)C3N)cn1. The van der Waals surface area contributed by atoms with E-state index < -0.39 is 0 Å². The normalized spacial score (nSPS) is 23.0. The largest absolute Gasteiger partial charge is 0.357 e. The van der Waals surface area contributed by atoms with Gasteiger partial charge in [-0.2, -0.15) is 0 Å². The average Bonchev–Trinajstić information content (AvgIpc) is 2.97. The van der Waals surface area contributed by atoms with E-state index in [2.05, 4.69) is 45.5 Å². The lowest BCUT2D eigenvalue weighted by molar-refractivity contribution is 0.161. The predicted molar refractivity (Wildman–Crippen MR) is 101 cm³/mol. The van der Waals surface area contributed by atoms with E-state index in [-0.39, 0.29) is 6.04 Å². The van der Waals surface area contributed by atoms with Crippen molar-refractivity contribution in [3.63, 3.8) is 0 Å². The quantitative estimate of drug-likeness (QED) is 0.882. The summed E-state index contributed by atoms with van der Waals surface area (Å²) in [5, 5.41) is 3.73. The van der Waals surface area contributed by atoms with Gasteiger partial charge in [-0.05, 0) is 37.0 Å². The van der Waals surface area contributed by atoms with E-state index in [1.165, 1.54) is 41.7 Å². The molecule has 1 aliphatic carbocycles. The maximum absolute atomic E-state index is 6.68. The molecule has 4 heteroatoms. The molecule has 1 unspecified atom stereocenters. The Balaban J connectivity index is 1.51. The Morgan fingerprint density at radius 1 is 1.16 bits per heavy atom. The highest BCUT2D eigenvalue weighted by Gasteiger charge is 2.36. The Labute approximate surface area is 148 Å². The number of rotatable bonds is 2. The van der Waals surface area contributed by atoms with Crippen LogP contribution < -0.4 is 11.1 Å². The van der Waals surface area contributed by atoms with Gasteiger partial charge in [-0.3, -0.25) is 9.88 Å². The summed E-state index contributed by atoms with van der Waals surface area (Å²) in [6, 6.07) is 11.4. The van der Waals surface area contributed by atoms with Gasteiger partial charge in [0.1, 0.15) is 0 Å². The zero-order chi connectivity index (χ0) is 17.0. The van der Waals surface area contributed by atoms with Gasteiger partial charge in [0.05, 0.1) is 11.7 Å². The molecule has 2 aromatic rings. The van der Waals surface area contributed by atoms with Gasteiger partial charge >= 0.3 is 0 Å². The molecule has 0 bridgehead atoms. The molecule has 1 fully saturated rings. The Bertz CT molecular complexity index is 849. The third kappa shape index (κ3) is 2.40. The summed E-state index contributed by atoms with van der Waals surface area (Å²) < 4.78 is 0. The van der Waals surface area contributed by atoms with Crippen LogP contribution in [0.15, 0.2) is 47.8 Å². The molecular weight excluding hydrogens is 308 g/mol. The van der Waals surface area contributed by atoms with Gasteiger partial charge in [0.25, 0.3) is 0 Å². The number of benzene rings is 1. The van der Waals surface area contributed by atoms with Crippen LogP contribution in [0.25, 0.3) is 11.1 Å². The van der Waals surface area contributed by atoms with Crippen LogP contribution in [-0.2, 0) is 0 Å². The highest BCUT2D eigenvalue weighted by Crippen LogP contribution is 2.43. The molecule has 1 saturated carbocycles. The van der Waals surface area contributed by atoms with E-state index in [1.807, 2.05) is 13.1 Å². The fraction of sp³-hybridized carbons (Fsp3) is 0.381. The van der Waals surface area contributed by atoms with Crippen molar-refractivity contribution in [3.05, 3.63) is 59.1 Å². The molecule has 128 valence electrons. The lowest BCUT2D eigenvalue weighted by Crippen LogP contribution is -2.39. The topological polar surface area (TPSA) is 54.2 Å². The van der Waals surface area contributed by atoms with Crippen molar-refractivity contribution in [2.24, 2.45) is 5.73 Å². The highest BCUT2D eigenvalue weighted by molar-refractivity contribution is 5.83. The van der Waals surface area contributed by atoms with Crippen LogP contribution in [0.2, 0.25) is 0 Å².